The number of unbranched alkanes of at least 4 members (excludes halogenated alkanes) is 1. The average molecular weight is 298 g/mol. The van der Waals surface area contributed by atoms with Crippen LogP contribution in [0.1, 0.15) is 19.3 Å². The SMILES string of the molecule is O=C1C=C(CCCCOc2ccc3ccccc3c2)C(O)O1. The molecule has 4 heteroatoms. The van der Waals surface area contributed by atoms with E-state index >= 15 is 0 Å². The number of benzene rings is 2. The van der Waals surface area contributed by atoms with Crippen LogP contribution >= 0.6 is 0 Å². The van der Waals surface area contributed by atoms with E-state index in [9.17, 15) is 9.90 Å². The molecule has 22 heavy (non-hydrogen) atoms. The van der Waals surface area contributed by atoms with Crippen molar-refractivity contribution in [3.05, 3.63) is 54.1 Å². The molecule has 4 nitrogen and oxygen atoms in total. The quantitative estimate of drug-likeness (QED) is 0.657. The minimum absolute atomic E-state index is 0.463. The van der Waals surface area contributed by atoms with Gasteiger partial charge in [-0.05, 0) is 42.2 Å². The first kappa shape index (κ1) is 14.6. The lowest BCUT2D eigenvalue weighted by atomic mass is 10.1. The van der Waals surface area contributed by atoms with Crippen LogP contribution in [0.2, 0.25) is 0 Å². The molecule has 3 rings (SSSR count). The monoisotopic (exact) mass is 298 g/mol. The Kier molecular flexibility index (Phi) is 4.39. The highest BCUT2D eigenvalue weighted by atomic mass is 16.6. The van der Waals surface area contributed by atoms with Crippen LogP contribution < -0.4 is 4.74 Å². The Labute approximate surface area is 129 Å². The normalized spacial score (nSPS) is 17.4. The molecule has 0 fully saturated rings. The molecule has 1 heterocycles. The van der Waals surface area contributed by atoms with Gasteiger partial charge in [-0.15, -0.1) is 0 Å². The molecule has 2 aromatic rings. The third-order valence-corrected chi connectivity index (χ3v) is 3.70. The third-order valence-electron chi connectivity index (χ3n) is 3.70. The molecular weight excluding hydrogens is 280 g/mol. The Hall–Kier alpha value is -2.33. The van der Waals surface area contributed by atoms with Gasteiger partial charge < -0.3 is 14.6 Å². The van der Waals surface area contributed by atoms with Crippen molar-refractivity contribution in [2.75, 3.05) is 6.61 Å². The Balaban J connectivity index is 1.44. The Bertz CT molecular complexity index is 705. The highest BCUT2D eigenvalue weighted by Crippen LogP contribution is 2.22. The number of hydrogen-bond donors (Lipinski definition) is 1. The maximum absolute atomic E-state index is 11.0. The fourth-order valence-electron chi connectivity index (χ4n) is 2.52. The summed E-state index contributed by atoms with van der Waals surface area (Å²) in [6, 6.07) is 14.2. The zero-order chi connectivity index (χ0) is 15.4. The summed E-state index contributed by atoms with van der Waals surface area (Å²) in [6.07, 6.45) is 2.65. The van der Waals surface area contributed by atoms with E-state index in [4.69, 9.17) is 4.74 Å². The lowest BCUT2D eigenvalue weighted by molar-refractivity contribution is -0.151. The van der Waals surface area contributed by atoms with E-state index in [0.29, 0.717) is 18.6 Å². The molecule has 0 aliphatic carbocycles. The molecule has 1 aliphatic heterocycles. The van der Waals surface area contributed by atoms with Gasteiger partial charge in [0.05, 0.1) is 6.61 Å². The standard InChI is InChI=1S/C18H18O4/c19-17-12-15(18(20)22-17)7-3-4-10-21-16-9-8-13-5-1-2-6-14(13)11-16/h1-2,5-6,8-9,11-12,18,20H,3-4,7,10H2. The first-order valence-electron chi connectivity index (χ1n) is 7.43. The fraction of sp³-hybridized carbons (Fsp3) is 0.278. The van der Waals surface area contributed by atoms with Crippen LogP contribution in [0.25, 0.3) is 10.8 Å². The fourth-order valence-corrected chi connectivity index (χ4v) is 2.52. The van der Waals surface area contributed by atoms with E-state index in [1.165, 1.54) is 11.5 Å². The molecule has 0 saturated carbocycles. The van der Waals surface area contributed by atoms with Gasteiger partial charge >= 0.3 is 5.97 Å². The highest BCUT2D eigenvalue weighted by molar-refractivity contribution is 5.85. The van der Waals surface area contributed by atoms with Crippen molar-refractivity contribution in [2.45, 2.75) is 25.6 Å². The lowest BCUT2D eigenvalue weighted by Gasteiger charge is -2.09. The largest absolute Gasteiger partial charge is 0.494 e. The first-order valence-corrected chi connectivity index (χ1v) is 7.43. The summed E-state index contributed by atoms with van der Waals surface area (Å²) in [7, 11) is 0. The number of fused-ring (bicyclic) bond motifs is 1. The number of ether oxygens (including phenoxy) is 2. The smallest absolute Gasteiger partial charge is 0.333 e. The molecule has 0 spiro atoms. The molecule has 0 saturated heterocycles. The summed E-state index contributed by atoms with van der Waals surface area (Å²) in [5, 5.41) is 11.8. The van der Waals surface area contributed by atoms with Crippen molar-refractivity contribution >= 4 is 16.7 Å². The van der Waals surface area contributed by atoms with Crippen LogP contribution in [-0.2, 0) is 9.53 Å². The molecule has 2 aromatic carbocycles. The van der Waals surface area contributed by atoms with Crippen LogP contribution in [0.5, 0.6) is 5.75 Å². The minimum atomic E-state index is -1.06. The predicted octanol–water partition coefficient (Wildman–Crippen LogP) is 3.19. The van der Waals surface area contributed by atoms with Gasteiger partial charge in [0.15, 0.2) is 0 Å². The minimum Gasteiger partial charge on any atom is -0.494 e. The molecule has 1 N–H and O–H groups in total. The van der Waals surface area contributed by atoms with Crippen molar-refractivity contribution in [2.24, 2.45) is 0 Å². The molecule has 1 aliphatic rings. The van der Waals surface area contributed by atoms with E-state index in [-0.39, 0.29) is 0 Å². The van der Waals surface area contributed by atoms with Gasteiger partial charge in [-0.25, -0.2) is 4.79 Å². The zero-order valence-corrected chi connectivity index (χ0v) is 12.2. The molecule has 1 unspecified atom stereocenters. The number of esters is 1. The number of rotatable bonds is 6. The van der Waals surface area contributed by atoms with Crippen LogP contribution in [0.15, 0.2) is 54.1 Å². The zero-order valence-electron chi connectivity index (χ0n) is 12.2. The second kappa shape index (κ2) is 6.62. The first-order chi connectivity index (χ1) is 10.7. The van der Waals surface area contributed by atoms with Gasteiger partial charge in [-0.3, -0.25) is 0 Å². The number of cyclic esters (lactones) is 1. The average Bonchev–Trinajstić information content (AvgIpc) is 2.84. The number of aliphatic hydroxyl groups excluding tert-OH is 1. The van der Waals surface area contributed by atoms with Crippen molar-refractivity contribution in [1.82, 2.24) is 0 Å². The molecule has 0 radical (unpaired) electrons. The van der Waals surface area contributed by atoms with Gasteiger partial charge in [-0.1, -0.05) is 30.3 Å². The molecule has 0 bridgehead atoms. The van der Waals surface area contributed by atoms with Gasteiger partial charge in [-0.2, -0.15) is 0 Å². The van der Waals surface area contributed by atoms with Crippen molar-refractivity contribution in [3.63, 3.8) is 0 Å². The lowest BCUT2D eigenvalue weighted by Crippen LogP contribution is -2.10. The van der Waals surface area contributed by atoms with Gasteiger partial charge in [0.2, 0.25) is 6.29 Å². The molecule has 114 valence electrons. The van der Waals surface area contributed by atoms with E-state index < -0.39 is 12.3 Å². The van der Waals surface area contributed by atoms with E-state index in [1.807, 2.05) is 30.3 Å². The summed E-state index contributed by atoms with van der Waals surface area (Å²) in [4.78, 5) is 11.0. The number of carbonyl (C=O) groups excluding carboxylic acids is 1. The van der Waals surface area contributed by atoms with E-state index in [0.717, 1.165) is 24.0 Å². The van der Waals surface area contributed by atoms with Crippen molar-refractivity contribution in [3.8, 4) is 5.75 Å². The van der Waals surface area contributed by atoms with E-state index in [2.05, 4.69) is 16.9 Å². The molecular formula is C18H18O4. The van der Waals surface area contributed by atoms with Crippen LogP contribution in [0.3, 0.4) is 0 Å². The Morgan fingerprint density at radius 2 is 1.91 bits per heavy atom. The van der Waals surface area contributed by atoms with Gasteiger partial charge in [0, 0.05) is 11.6 Å². The Morgan fingerprint density at radius 1 is 1.09 bits per heavy atom. The third kappa shape index (κ3) is 3.46. The van der Waals surface area contributed by atoms with E-state index in [1.54, 1.807) is 0 Å². The maximum atomic E-state index is 11.0. The number of carbonyl (C=O) groups is 1. The van der Waals surface area contributed by atoms with Crippen LogP contribution in [-0.4, -0.2) is 24.0 Å². The summed E-state index contributed by atoms with van der Waals surface area (Å²) >= 11 is 0. The summed E-state index contributed by atoms with van der Waals surface area (Å²) in [6.45, 7) is 0.608. The highest BCUT2D eigenvalue weighted by Gasteiger charge is 2.22. The molecule has 1 atom stereocenters. The summed E-state index contributed by atoms with van der Waals surface area (Å²) < 4.78 is 10.4. The van der Waals surface area contributed by atoms with Crippen LogP contribution in [0, 0.1) is 0 Å². The second-order valence-corrected chi connectivity index (χ2v) is 5.32. The topological polar surface area (TPSA) is 55.8 Å². The molecule has 0 amide bonds. The number of aliphatic hydroxyl groups is 1. The van der Waals surface area contributed by atoms with Gasteiger partial charge in [0.25, 0.3) is 0 Å². The van der Waals surface area contributed by atoms with Crippen LogP contribution in [0.4, 0.5) is 0 Å². The van der Waals surface area contributed by atoms with Crippen molar-refractivity contribution in [1.29, 1.82) is 0 Å². The summed E-state index contributed by atoms with van der Waals surface area (Å²) in [5.74, 6) is 0.396. The maximum Gasteiger partial charge on any atom is 0.333 e. The summed E-state index contributed by atoms with van der Waals surface area (Å²) in [5.41, 5.74) is 0.649. The Morgan fingerprint density at radius 3 is 2.68 bits per heavy atom. The molecule has 0 aromatic heterocycles. The second-order valence-electron chi connectivity index (χ2n) is 5.32. The number of hydrogen-bond acceptors (Lipinski definition) is 4. The predicted molar refractivity (Wildman–Crippen MR) is 83.5 cm³/mol. The van der Waals surface area contributed by atoms with Crippen molar-refractivity contribution < 1.29 is 19.4 Å². The van der Waals surface area contributed by atoms with Gasteiger partial charge in [0.1, 0.15) is 5.75 Å².